The first-order chi connectivity index (χ1) is 14.5. The van der Waals surface area contributed by atoms with Gasteiger partial charge in [-0.25, -0.2) is 4.98 Å². The highest BCUT2D eigenvalue weighted by Gasteiger charge is 2.09. The Morgan fingerprint density at radius 3 is 2.73 bits per heavy atom. The second kappa shape index (κ2) is 8.76. The van der Waals surface area contributed by atoms with Gasteiger partial charge < -0.3 is 15.3 Å². The van der Waals surface area contributed by atoms with Crippen molar-refractivity contribution < 1.29 is 4.79 Å². The largest absolute Gasteiger partial charge is 0.352 e. The molecule has 0 aliphatic heterocycles. The molecule has 0 aliphatic carbocycles. The van der Waals surface area contributed by atoms with E-state index >= 15 is 0 Å². The molecule has 0 atom stereocenters. The van der Waals surface area contributed by atoms with Gasteiger partial charge in [0, 0.05) is 34.9 Å². The molecule has 152 valence electrons. The first-order valence-electron chi connectivity index (χ1n) is 9.28. The monoisotopic (exact) mass is 483 g/mol. The maximum absolute atomic E-state index is 12.9. The standard InChI is InChI=1S/C21H18BrN5O2S/c22-15-5-6-18-17(9-15)20(29)27(21(30)26-18)11-13-1-3-14(4-2-13)19(28)24-8-7-16-10-23-12-25-16/h1-6,9-10,12H,7-8,11H2,(H,23,25)(H,24,28)(H,26,30). The summed E-state index contributed by atoms with van der Waals surface area (Å²) in [5.74, 6) is -0.147. The summed E-state index contributed by atoms with van der Waals surface area (Å²) in [6.07, 6.45) is 4.03. The van der Waals surface area contributed by atoms with Crippen LogP contribution in [0.25, 0.3) is 10.9 Å². The molecule has 1 amide bonds. The Hall–Kier alpha value is -3.04. The van der Waals surface area contributed by atoms with Crippen LogP contribution in [0, 0.1) is 4.77 Å². The molecule has 0 bridgehead atoms. The molecule has 0 saturated heterocycles. The molecular weight excluding hydrogens is 466 g/mol. The van der Waals surface area contributed by atoms with Crippen LogP contribution in [0.3, 0.4) is 0 Å². The van der Waals surface area contributed by atoms with E-state index in [1.54, 1.807) is 30.7 Å². The van der Waals surface area contributed by atoms with Gasteiger partial charge in [0.05, 0.1) is 23.8 Å². The predicted octanol–water partition coefficient (Wildman–Crippen LogP) is 3.57. The molecule has 0 spiro atoms. The summed E-state index contributed by atoms with van der Waals surface area (Å²) in [6.45, 7) is 0.832. The summed E-state index contributed by atoms with van der Waals surface area (Å²) in [6, 6.07) is 12.6. The molecule has 0 radical (unpaired) electrons. The fourth-order valence-electron chi connectivity index (χ4n) is 3.14. The van der Waals surface area contributed by atoms with Crippen molar-refractivity contribution in [3.05, 3.63) is 91.4 Å². The second-order valence-electron chi connectivity index (χ2n) is 6.79. The molecule has 2 aromatic heterocycles. The number of H-pyrrole nitrogens is 2. The number of aromatic amines is 2. The van der Waals surface area contributed by atoms with Crippen molar-refractivity contribution in [2.75, 3.05) is 6.54 Å². The number of hydrogen-bond acceptors (Lipinski definition) is 4. The van der Waals surface area contributed by atoms with Crippen molar-refractivity contribution in [2.24, 2.45) is 0 Å². The molecule has 4 aromatic rings. The van der Waals surface area contributed by atoms with Gasteiger partial charge in [-0.05, 0) is 48.1 Å². The number of halogens is 1. The lowest BCUT2D eigenvalue weighted by Gasteiger charge is -2.09. The van der Waals surface area contributed by atoms with Crippen molar-refractivity contribution in [3.63, 3.8) is 0 Å². The first kappa shape index (κ1) is 20.2. The SMILES string of the molecule is O=C(NCCc1cnc[nH]1)c1ccc(Cn2c(=S)[nH]c3ccc(Br)cc3c2=O)cc1. The average molecular weight is 484 g/mol. The number of aromatic nitrogens is 4. The maximum atomic E-state index is 12.9. The maximum Gasteiger partial charge on any atom is 0.262 e. The summed E-state index contributed by atoms with van der Waals surface area (Å²) < 4.78 is 2.70. The van der Waals surface area contributed by atoms with Crippen molar-refractivity contribution in [2.45, 2.75) is 13.0 Å². The molecule has 9 heteroatoms. The molecular formula is C21H18BrN5O2S. The van der Waals surface area contributed by atoms with Gasteiger partial charge in [-0.2, -0.15) is 0 Å². The summed E-state index contributed by atoms with van der Waals surface area (Å²) in [5.41, 5.74) is 2.94. The lowest BCUT2D eigenvalue weighted by Crippen LogP contribution is -2.26. The van der Waals surface area contributed by atoms with E-state index in [2.05, 4.69) is 36.2 Å². The van der Waals surface area contributed by atoms with E-state index in [0.29, 0.717) is 40.7 Å². The van der Waals surface area contributed by atoms with Crippen LogP contribution >= 0.6 is 28.1 Å². The van der Waals surface area contributed by atoms with Crippen molar-refractivity contribution in [1.29, 1.82) is 0 Å². The Morgan fingerprint density at radius 2 is 2.00 bits per heavy atom. The van der Waals surface area contributed by atoms with E-state index in [4.69, 9.17) is 12.2 Å². The third-order valence-corrected chi connectivity index (χ3v) is 5.55. The minimum Gasteiger partial charge on any atom is -0.352 e. The zero-order valence-electron chi connectivity index (χ0n) is 15.8. The Morgan fingerprint density at radius 1 is 1.20 bits per heavy atom. The lowest BCUT2D eigenvalue weighted by atomic mass is 10.1. The van der Waals surface area contributed by atoms with E-state index in [9.17, 15) is 9.59 Å². The molecule has 30 heavy (non-hydrogen) atoms. The van der Waals surface area contributed by atoms with E-state index in [0.717, 1.165) is 15.7 Å². The second-order valence-corrected chi connectivity index (χ2v) is 8.09. The van der Waals surface area contributed by atoms with E-state index in [-0.39, 0.29) is 11.5 Å². The number of fused-ring (bicyclic) bond motifs is 1. The van der Waals surface area contributed by atoms with Gasteiger partial charge in [0.1, 0.15) is 0 Å². The highest BCUT2D eigenvalue weighted by Crippen LogP contribution is 2.16. The number of rotatable bonds is 6. The highest BCUT2D eigenvalue weighted by atomic mass is 79.9. The summed E-state index contributed by atoms with van der Waals surface area (Å²) in [5, 5.41) is 3.44. The van der Waals surface area contributed by atoms with Gasteiger partial charge in [0.2, 0.25) is 0 Å². The quantitative estimate of drug-likeness (QED) is 0.365. The molecule has 7 nitrogen and oxygen atoms in total. The first-order valence-corrected chi connectivity index (χ1v) is 10.5. The number of carbonyl (C=O) groups excluding carboxylic acids is 1. The molecule has 2 aromatic carbocycles. The normalized spacial score (nSPS) is 11.0. The third kappa shape index (κ3) is 4.42. The topological polar surface area (TPSA) is 95.6 Å². The fourth-order valence-corrected chi connectivity index (χ4v) is 3.76. The van der Waals surface area contributed by atoms with Gasteiger partial charge >= 0.3 is 0 Å². The molecule has 0 aliphatic rings. The molecule has 0 unspecified atom stereocenters. The lowest BCUT2D eigenvalue weighted by molar-refractivity contribution is 0.0954. The van der Waals surface area contributed by atoms with Crippen LogP contribution in [0.2, 0.25) is 0 Å². The Bertz CT molecular complexity index is 1310. The summed E-state index contributed by atoms with van der Waals surface area (Å²) in [4.78, 5) is 35.2. The highest BCUT2D eigenvalue weighted by molar-refractivity contribution is 9.10. The van der Waals surface area contributed by atoms with Gasteiger partial charge in [-0.3, -0.25) is 14.2 Å². The summed E-state index contributed by atoms with van der Waals surface area (Å²) >= 11 is 8.77. The van der Waals surface area contributed by atoms with Crippen LogP contribution < -0.4 is 10.9 Å². The van der Waals surface area contributed by atoms with Crippen LogP contribution in [0.15, 0.2) is 64.3 Å². The number of nitrogens with zero attached hydrogens (tertiary/aromatic N) is 2. The Kier molecular flexibility index (Phi) is 5.91. The fraction of sp³-hybridized carbons (Fsp3) is 0.143. The zero-order valence-corrected chi connectivity index (χ0v) is 18.2. The van der Waals surface area contributed by atoms with E-state index in [1.807, 2.05) is 24.3 Å². The van der Waals surface area contributed by atoms with E-state index < -0.39 is 0 Å². The Balaban J connectivity index is 1.47. The number of benzene rings is 2. The minimum absolute atomic E-state index is 0.147. The number of carbonyl (C=O) groups is 1. The number of amides is 1. The van der Waals surface area contributed by atoms with Crippen molar-refractivity contribution in [3.8, 4) is 0 Å². The summed E-state index contributed by atoms with van der Waals surface area (Å²) in [7, 11) is 0. The van der Waals surface area contributed by atoms with Gasteiger partial charge in [0.15, 0.2) is 4.77 Å². The van der Waals surface area contributed by atoms with Crippen LogP contribution in [-0.4, -0.2) is 32.0 Å². The van der Waals surface area contributed by atoms with Crippen LogP contribution in [0.5, 0.6) is 0 Å². The predicted molar refractivity (Wildman–Crippen MR) is 121 cm³/mol. The zero-order chi connectivity index (χ0) is 21.1. The Labute approximate surface area is 185 Å². The van der Waals surface area contributed by atoms with Crippen LogP contribution in [-0.2, 0) is 13.0 Å². The van der Waals surface area contributed by atoms with Gasteiger partial charge in [0.25, 0.3) is 11.5 Å². The number of imidazole rings is 1. The minimum atomic E-state index is -0.157. The van der Waals surface area contributed by atoms with Gasteiger partial charge in [-0.1, -0.05) is 28.1 Å². The van der Waals surface area contributed by atoms with Crippen LogP contribution in [0.4, 0.5) is 0 Å². The van der Waals surface area contributed by atoms with E-state index in [1.165, 1.54) is 4.57 Å². The molecule has 0 saturated carbocycles. The molecule has 2 heterocycles. The molecule has 4 rings (SSSR count). The van der Waals surface area contributed by atoms with Crippen molar-refractivity contribution in [1.82, 2.24) is 24.8 Å². The van der Waals surface area contributed by atoms with Crippen LogP contribution in [0.1, 0.15) is 21.6 Å². The van der Waals surface area contributed by atoms with Gasteiger partial charge in [-0.15, -0.1) is 0 Å². The molecule has 3 N–H and O–H groups in total. The average Bonchev–Trinajstić information content (AvgIpc) is 3.26. The third-order valence-electron chi connectivity index (χ3n) is 4.74. The number of hydrogen-bond donors (Lipinski definition) is 3. The number of nitrogens with one attached hydrogen (secondary N) is 3. The molecule has 0 fully saturated rings. The smallest absolute Gasteiger partial charge is 0.262 e. The van der Waals surface area contributed by atoms with Crippen molar-refractivity contribution >= 4 is 45.0 Å².